The van der Waals surface area contributed by atoms with Gasteiger partial charge in [-0.15, -0.1) is 0 Å². The van der Waals surface area contributed by atoms with Gasteiger partial charge in [-0.2, -0.15) is 0 Å². The predicted octanol–water partition coefficient (Wildman–Crippen LogP) is 1.42. The van der Waals surface area contributed by atoms with Crippen molar-refractivity contribution >= 4 is 5.97 Å². The summed E-state index contributed by atoms with van der Waals surface area (Å²) in [6, 6.07) is 5.40. The van der Waals surface area contributed by atoms with Crippen LogP contribution in [0.4, 0.5) is 0 Å². The van der Waals surface area contributed by atoms with Gasteiger partial charge in [0.25, 0.3) is 0 Å². The number of rotatable bonds is 1. The zero-order valence-electron chi connectivity index (χ0n) is 7.92. The Labute approximate surface area is 82.8 Å². The first-order valence-corrected chi connectivity index (χ1v) is 4.83. The molecule has 3 nitrogen and oxygen atoms in total. The molecule has 2 N–H and O–H groups in total. The molecule has 1 aliphatic rings. The summed E-state index contributed by atoms with van der Waals surface area (Å²) in [4.78, 5) is 10.8. The van der Waals surface area contributed by atoms with Crippen molar-refractivity contribution in [1.82, 2.24) is 5.32 Å². The van der Waals surface area contributed by atoms with Gasteiger partial charge < -0.3 is 10.4 Å². The standard InChI is InChI=1S/C11H13NO2/c13-11(14)9-4-3-8-2-1-5-12-7-10(8)6-9/h3-4,6,12H,1-2,5,7H2,(H,13,14). The quantitative estimate of drug-likeness (QED) is 0.705. The second-order valence-corrected chi connectivity index (χ2v) is 3.57. The Bertz CT molecular complexity index is 360. The number of nitrogens with one attached hydrogen (secondary N) is 1. The third-order valence-electron chi connectivity index (χ3n) is 2.57. The molecule has 2 rings (SSSR count). The van der Waals surface area contributed by atoms with Crippen molar-refractivity contribution < 1.29 is 9.90 Å². The van der Waals surface area contributed by atoms with Crippen LogP contribution < -0.4 is 5.32 Å². The summed E-state index contributed by atoms with van der Waals surface area (Å²) in [6.07, 6.45) is 2.17. The maximum absolute atomic E-state index is 10.8. The molecule has 3 heteroatoms. The summed E-state index contributed by atoms with van der Waals surface area (Å²) in [5.74, 6) is -0.850. The largest absolute Gasteiger partial charge is 0.478 e. The van der Waals surface area contributed by atoms with E-state index in [2.05, 4.69) is 5.32 Å². The normalized spacial score (nSPS) is 15.7. The van der Waals surface area contributed by atoms with Crippen LogP contribution in [0.3, 0.4) is 0 Å². The third kappa shape index (κ3) is 1.77. The average Bonchev–Trinajstić information content (AvgIpc) is 2.41. The first kappa shape index (κ1) is 9.21. The first-order valence-electron chi connectivity index (χ1n) is 4.83. The highest BCUT2D eigenvalue weighted by atomic mass is 16.4. The minimum atomic E-state index is -0.850. The molecule has 0 aromatic heterocycles. The summed E-state index contributed by atoms with van der Waals surface area (Å²) in [5.41, 5.74) is 2.79. The van der Waals surface area contributed by atoms with Gasteiger partial charge in [0, 0.05) is 6.54 Å². The molecule has 1 aromatic carbocycles. The van der Waals surface area contributed by atoms with Crippen LogP contribution in [0.1, 0.15) is 27.9 Å². The fraction of sp³-hybridized carbons (Fsp3) is 0.364. The Balaban J connectivity index is 2.37. The molecule has 1 heterocycles. The van der Waals surface area contributed by atoms with Gasteiger partial charge in [0.15, 0.2) is 0 Å². The van der Waals surface area contributed by atoms with Gasteiger partial charge in [-0.25, -0.2) is 4.79 Å². The number of benzene rings is 1. The van der Waals surface area contributed by atoms with Crippen LogP contribution in [0.2, 0.25) is 0 Å². The van der Waals surface area contributed by atoms with Crippen LogP contribution in [-0.4, -0.2) is 17.6 Å². The van der Waals surface area contributed by atoms with Crippen LogP contribution in [0.15, 0.2) is 18.2 Å². The molecule has 14 heavy (non-hydrogen) atoms. The Morgan fingerprint density at radius 1 is 1.36 bits per heavy atom. The number of hydrogen-bond donors (Lipinski definition) is 2. The van der Waals surface area contributed by atoms with E-state index in [0.29, 0.717) is 5.56 Å². The van der Waals surface area contributed by atoms with Crippen molar-refractivity contribution in [2.24, 2.45) is 0 Å². The lowest BCUT2D eigenvalue weighted by Crippen LogP contribution is -2.12. The molecule has 0 spiro atoms. The topological polar surface area (TPSA) is 49.3 Å². The van der Waals surface area contributed by atoms with E-state index in [0.717, 1.165) is 31.5 Å². The molecular weight excluding hydrogens is 178 g/mol. The molecule has 0 unspecified atom stereocenters. The maximum atomic E-state index is 10.8. The van der Waals surface area contributed by atoms with Crippen molar-refractivity contribution in [3.8, 4) is 0 Å². The SMILES string of the molecule is O=C(O)c1ccc2c(c1)CNCCC2. The lowest BCUT2D eigenvalue weighted by atomic mass is 10.0. The van der Waals surface area contributed by atoms with Crippen LogP contribution in [0.5, 0.6) is 0 Å². The fourth-order valence-electron chi connectivity index (χ4n) is 1.79. The predicted molar refractivity (Wildman–Crippen MR) is 53.4 cm³/mol. The minimum Gasteiger partial charge on any atom is -0.478 e. The second kappa shape index (κ2) is 3.80. The molecule has 1 aromatic rings. The number of aryl methyl sites for hydroxylation is 1. The molecular formula is C11H13NO2. The molecule has 0 amide bonds. The van der Waals surface area contributed by atoms with Gasteiger partial charge in [-0.05, 0) is 42.6 Å². The summed E-state index contributed by atoms with van der Waals surface area (Å²) in [7, 11) is 0. The lowest BCUT2D eigenvalue weighted by Gasteiger charge is -2.05. The number of carboxylic acid groups (broad SMARTS) is 1. The average molecular weight is 191 g/mol. The van der Waals surface area contributed by atoms with Gasteiger partial charge in [0.1, 0.15) is 0 Å². The highest BCUT2D eigenvalue weighted by molar-refractivity contribution is 5.87. The van der Waals surface area contributed by atoms with E-state index in [1.807, 2.05) is 6.07 Å². The van der Waals surface area contributed by atoms with E-state index >= 15 is 0 Å². The fourth-order valence-corrected chi connectivity index (χ4v) is 1.79. The molecule has 0 aliphatic carbocycles. The van der Waals surface area contributed by atoms with Gasteiger partial charge in [-0.3, -0.25) is 0 Å². The third-order valence-corrected chi connectivity index (χ3v) is 2.57. The zero-order valence-corrected chi connectivity index (χ0v) is 7.92. The lowest BCUT2D eigenvalue weighted by molar-refractivity contribution is 0.0697. The van der Waals surface area contributed by atoms with Gasteiger partial charge in [0.05, 0.1) is 5.56 Å². The molecule has 0 fully saturated rings. The summed E-state index contributed by atoms with van der Waals surface area (Å²) in [5, 5.41) is 12.1. The van der Waals surface area contributed by atoms with E-state index in [1.165, 1.54) is 5.56 Å². The Morgan fingerprint density at radius 2 is 2.21 bits per heavy atom. The molecule has 1 aliphatic heterocycles. The highest BCUT2D eigenvalue weighted by Gasteiger charge is 2.10. The van der Waals surface area contributed by atoms with Crippen molar-refractivity contribution in [3.63, 3.8) is 0 Å². The van der Waals surface area contributed by atoms with Crippen molar-refractivity contribution in [2.75, 3.05) is 6.54 Å². The van der Waals surface area contributed by atoms with Crippen LogP contribution >= 0.6 is 0 Å². The first-order chi connectivity index (χ1) is 6.77. The van der Waals surface area contributed by atoms with E-state index in [1.54, 1.807) is 12.1 Å². The summed E-state index contributed by atoms with van der Waals surface area (Å²) in [6.45, 7) is 1.80. The van der Waals surface area contributed by atoms with Crippen molar-refractivity contribution in [3.05, 3.63) is 34.9 Å². The second-order valence-electron chi connectivity index (χ2n) is 3.57. The number of hydrogen-bond acceptors (Lipinski definition) is 2. The van der Waals surface area contributed by atoms with Crippen molar-refractivity contribution in [1.29, 1.82) is 0 Å². The number of carbonyl (C=O) groups is 1. The van der Waals surface area contributed by atoms with E-state index in [9.17, 15) is 4.79 Å². The molecule has 0 bridgehead atoms. The number of carboxylic acids is 1. The van der Waals surface area contributed by atoms with Crippen molar-refractivity contribution in [2.45, 2.75) is 19.4 Å². The summed E-state index contributed by atoms with van der Waals surface area (Å²) < 4.78 is 0. The van der Waals surface area contributed by atoms with Crippen LogP contribution in [0, 0.1) is 0 Å². The molecule has 0 radical (unpaired) electrons. The van der Waals surface area contributed by atoms with Gasteiger partial charge in [-0.1, -0.05) is 6.07 Å². The van der Waals surface area contributed by atoms with E-state index in [-0.39, 0.29) is 0 Å². The number of aromatic carboxylic acids is 1. The number of fused-ring (bicyclic) bond motifs is 1. The van der Waals surface area contributed by atoms with Crippen LogP contribution in [0.25, 0.3) is 0 Å². The Hall–Kier alpha value is -1.35. The van der Waals surface area contributed by atoms with E-state index < -0.39 is 5.97 Å². The highest BCUT2D eigenvalue weighted by Crippen LogP contribution is 2.16. The zero-order chi connectivity index (χ0) is 9.97. The smallest absolute Gasteiger partial charge is 0.335 e. The van der Waals surface area contributed by atoms with Gasteiger partial charge >= 0.3 is 5.97 Å². The van der Waals surface area contributed by atoms with Gasteiger partial charge in [0.2, 0.25) is 0 Å². The Morgan fingerprint density at radius 3 is 3.00 bits per heavy atom. The molecule has 0 saturated carbocycles. The molecule has 0 saturated heterocycles. The maximum Gasteiger partial charge on any atom is 0.335 e. The van der Waals surface area contributed by atoms with E-state index in [4.69, 9.17) is 5.11 Å². The molecule has 0 atom stereocenters. The summed E-state index contributed by atoms with van der Waals surface area (Å²) >= 11 is 0. The molecule has 74 valence electrons. The monoisotopic (exact) mass is 191 g/mol. The Kier molecular flexibility index (Phi) is 2.50. The minimum absolute atomic E-state index is 0.382. The van der Waals surface area contributed by atoms with Crippen LogP contribution in [-0.2, 0) is 13.0 Å².